The van der Waals surface area contributed by atoms with Crippen molar-refractivity contribution in [3.63, 3.8) is 0 Å². The van der Waals surface area contributed by atoms with E-state index in [1.54, 1.807) is 24.3 Å². The number of hydrogen-bond donors (Lipinski definition) is 1. The summed E-state index contributed by atoms with van der Waals surface area (Å²) in [6, 6.07) is 8.85. The van der Waals surface area contributed by atoms with Crippen LogP contribution in [0.2, 0.25) is 0 Å². The van der Waals surface area contributed by atoms with Gasteiger partial charge in [0, 0.05) is 5.56 Å². The largest absolute Gasteiger partial charge is 0.364 e. The van der Waals surface area contributed by atoms with Gasteiger partial charge in [-0.05, 0) is 5.92 Å². The Morgan fingerprint density at radius 3 is 2.47 bits per heavy atom. The Hall–Kier alpha value is -2.18. The van der Waals surface area contributed by atoms with E-state index in [0.29, 0.717) is 5.56 Å². The summed E-state index contributed by atoms with van der Waals surface area (Å²) in [5.41, 5.74) is -1.02. The van der Waals surface area contributed by atoms with Crippen molar-refractivity contribution in [3.05, 3.63) is 35.9 Å². The summed E-state index contributed by atoms with van der Waals surface area (Å²) >= 11 is 0. The van der Waals surface area contributed by atoms with Gasteiger partial charge in [0.2, 0.25) is 5.60 Å². The first kappa shape index (κ1) is 12.9. The minimum atomic E-state index is -1.58. The molecule has 0 aromatic heterocycles. The van der Waals surface area contributed by atoms with Crippen molar-refractivity contribution in [3.8, 4) is 36.5 Å². The molecule has 84 valence electrons. The molecule has 0 aliphatic carbocycles. The maximum absolute atomic E-state index is 10.1. The number of aliphatic hydroxyl groups is 1. The normalized spacial score (nSPS) is 12.4. The molecule has 1 aromatic carbocycles. The first-order valence-corrected chi connectivity index (χ1v) is 5.00. The Balaban J connectivity index is 2.78. The lowest BCUT2D eigenvalue weighted by Crippen LogP contribution is -2.21. The van der Waals surface area contributed by atoms with Crippen LogP contribution in [0.4, 0.5) is 0 Å². The zero-order chi connectivity index (χ0) is 12.6. The van der Waals surface area contributed by atoms with Crippen molar-refractivity contribution in [2.24, 2.45) is 0 Å². The van der Waals surface area contributed by atoms with Crippen LogP contribution in [0.25, 0.3) is 0 Å². The standard InChI is InChI=1S/C15H12O2/c1-3-12-17-13-8-11-15(16,4-2)14-9-6-5-7-10-14/h1-2,5-7,9-10,16H,12-13H2. The number of terminal acetylenes is 2. The SMILES string of the molecule is C#CCOCC#CC(O)(C#C)c1ccccc1. The van der Waals surface area contributed by atoms with E-state index < -0.39 is 5.60 Å². The summed E-state index contributed by atoms with van der Waals surface area (Å²) in [7, 11) is 0. The van der Waals surface area contributed by atoms with Gasteiger partial charge in [-0.15, -0.1) is 12.8 Å². The third kappa shape index (κ3) is 3.71. The predicted octanol–water partition coefficient (Wildman–Crippen LogP) is 1.16. The highest BCUT2D eigenvalue weighted by atomic mass is 16.5. The van der Waals surface area contributed by atoms with Crippen LogP contribution in [0.3, 0.4) is 0 Å². The lowest BCUT2D eigenvalue weighted by Gasteiger charge is -2.15. The summed E-state index contributed by atoms with van der Waals surface area (Å²) < 4.78 is 4.97. The van der Waals surface area contributed by atoms with Gasteiger partial charge in [-0.25, -0.2) is 0 Å². The first-order valence-electron chi connectivity index (χ1n) is 5.00. The second-order valence-corrected chi connectivity index (χ2v) is 3.22. The minimum Gasteiger partial charge on any atom is -0.364 e. The summed E-state index contributed by atoms with van der Waals surface area (Å²) in [5.74, 6) is 9.84. The zero-order valence-corrected chi connectivity index (χ0v) is 9.31. The maximum Gasteiger partial charge on any atom is 0.213 e. The van der Waals surface area contributed by atoms with E-state index in [1.165, 1.54) is 0 Å². The van der Waals surface area contributed by atoms with Gasteiger partial charge in [-0.1, -0.05) is 48.1 Å². The van der Waals surface area contributed by atoms with Crippen LogP contribution in [-0.4, -0.2) is 18.3 Å². The molecule has 1 unspecified atom stereocenters. The summed E-state index contributed by atoms with van der Waals surface area (Å²) in [4.78, 5) is 0. The molecule has 0 aliphatic rings. The van der Waals surface area contributed by atoms with Crippen molar-refractivity contribution < 1.29 is 9.84 Å². The molecule has 1 atom stereocenters. The van der Waals surface area contributed by atoms with E-state index in [0.717, 1.165) is 0 Å². The van der Waals surface area contributed by atoms with Crippen molar-refractivity contribution in [2.45, 2.75) is 5.60 Å². The van der Waals surface area contributed by atoms with E-state index in [4.69, 9.17) is 17.6 Å². The first-order chi connectivity index (χ1) is 8.23. The lowest BCUT2D eigenvalue weighted by atomic mass is 9.95. The van der Waals surface area contributed by atoms with E-state index in [1.807, 2.05) is 6.07 Å². The quantitative estimate of drug-likeness (QED) is 0.616. The minimum absolute atomic E-state index is 0.140. The van der Waals surface area contributed by atoms with E-state index in [9.17, 15) is 5.11 Å². The number of rotatable bonds is 3. The van der Waals surface area contributed by atoms with Gasteiger partial charge in [-0.2, -0.15) is 0 Å². The molecule has 0 radical (unpaired) electrons. The number of hydrogen-bond acceptors (Lipinski definition) is 2. The van der Waals surface area contributed by atoms with Crippen molar-refractivity contribution in [1.82, 2.24) is 0 Å². The molecule has 1 aromatic rings. The topological polar surface area (TPSA) is 29.5 Å². The van der Waals surface area contributed by atoms with Gasteiger partial charge in [-0.3, -0.25) is 0 Å². The molecular formula is C15H12O2. The molecule has 2 nitrogen and oxygen atoms in total. The second kappa shape index (κ2) is 6.41. The smallest absolute Gasteiger partial charge is 0.213 e. The van der Waals surface area contributed by atoms with Crippen LogP contribution >= 0.6 is 0 Å². The molecule has 17 heavy (non-hydrogen) atoms. The molecule has 0 spiro atoms. The van der Waals surface area contributed by atoms with Crippen LogP contribution in [0, 0.1) is 36.5 Å². The van der Waals surface area contributed by atoms with Gasteiger partial charge in [0.25, 0.3) is 0 Å². The maximum atomic E-state index is 10.1. The van der Waals surface area contributed by atoms with Gasteiger partial charge in [0.1, 0.15) is 13.2 Å². The monoisotopic (exact) mass is 224 g/mol. The van der Waals surface area contributed by atoms with Crippen LogP contribution < -0.4 is 0 Å². The molecule has 0 aliphatic heterocycles. The fourth-order valence-electron chi connectivity index (χ4n) is 1.20. The lowest BCUT2D eigenvalue weighted by molar-refractivity contribution is 0.163. The molecule has 1 rings (SSSR count). The van der Waals surface area contributed by atoms with E-state index in [-0.39, 0.29) is 13.2 Å². The van der Waals surface area contributed by atoms with Crippen LogP contribution in [0.1, 0.15) is 5.56 Å². The Labute approximate surface area is 102 Å². The highest BCUT2D eigenvalue weighted by molar-refractivity contribution is 5.40. The second-order valence-electron chi connectivity index (χ2n) is 3.22. The van der Waals surface area contributed by atoms with Gasteiger partial charge < -0.3 is 9.84 Å². The Morgan fingerprint density at radius 1 is 1.18 bits per heavy atom. The van der Waals surface area contributed by atoms with Crippen molar-refractivity contribution >= 4 is 0 Å². The fraction of sp³-hybridized carbons (Fsp3) is 0.200. The molecule has 0 amide bonds. The molecule has 0 saturated heterocycles. The molecular weight excluding hydrogens is 212 g/mol. The highest BCUT2D eigenvalue weighted by Crippen LogP contribution is 2.18. The van der Waals surface area contributed by atoms with Crippen molar-refractivity contribution in [2.75, 3.05) is 13.2 Å². The Kier molecular flexibility index (Phi) is 4.86. The average molecular weight is 224 g/mol. The third-order valence-electron chi connectivity index (χ3n) is 2.03. The molecule has 0 bridgehead atoms. The third-order valence-corrected chi connectivity index (χ3v) is 2.03. The number of benzene rings is 1. The summed E-state index contributed by atoms with van der Waals surface area (Å²) in [6.45, 7) is 0.329. The highest BCUT2D eigenvalue weighted by Gasteiger charge is 2.22. The van der Waals surface area contributed by atoms with E-state index in [2.05, 4.69) is 23.7 Å². The average Bonchev–Trinajstić information content (AvgIpc) is 2.39. The molecule has 1 N–H and O–H groups in total. The van der Waals surface area contributed by atoms with Gasteiger partial charge in [0.15, 0.2) is 0 Å². The summed E-state index contributed by atoms with van der Waals surface area (Å²) in [6.07, 6.45) is 10.3. The number of ether oxygens (including phenoxy) is 1. The molecule has 0 heterocycles. The predicted molar refractivity (Wildman–Crippen MR) is 66.6 cm³/mol. The fourth-order valence-corrected chi connectivity index (χ4v) is 1.20. The zero-order valence-electron chi connectivity index (χ0n) is 9.31. The summed E-state index contributed by atoms with van der Waals surface area (Å²) in [5, 5.41) is 10.1. The van der Waals surface area contributed by atoms with Gasteiger partial charge in [0.05, 0.1) is 0 Å². The Bertz CT molecular complexity index is 494. The van der Waals surface area contributed by atoms with Crippen molar-refractivity contribution in [1.29, 1.82) is 0 Å². The Morgan fingerprint density at radius 2 is 1.88 bits per heavy atom. The van der Waals surface area contributed by atoms with E-state index >= 15 is 0 Å². The van der Waals surface area contributed by atoms with Crippen LogP contribution in [0.15, 0.2) is 30.3 Å². The van der Waals surface area contributed by atoms with Crippen LogP contribution in [0.5, 0.6) is 0 Å². The molecule has 0 saturated carbocycles. The molecule has 0 fully saturated rings. The van der Waals surface area contributed by atoms with Crippen LogP contribution in [-0.2, 0) is 10.3 Å². The molecule has 2 heteroatoms. The van der Waals surface area contributed by atoms with Gasteiger partial charge >= 0.3 is 0 Å².